The summed E-state index contributed by atoms with van der Waals surface area (Å²) in [5.41, 5.74) is -0.132. The van der Waals surface area contributed by atoms with Gasteiger partial charge in [-0.15, -0.1) is 0 Å². The summed E-state index contributed by atoms with van der Waals surface area (Å²) >= 11 is 0. The summed E-state index contributed by atoms with van der Waals surface area (Å²) in [6.45, 7) is 0. The van der Waals surface area contributed by atoms with Gasteiger partial charge >= 0.3 is 11.9 Å². The van der Waals surface area contributed by atoms with Gasteiger partial charge in [0.1, 0.15) is 22.6 Å². The molecule has 0 bridgehead atoms. The number of carboxylic acid groups (broad SMARTS) is 2. The molecule has 142 valence electrons. The van der Waals surface area contributed by atoms with Crippen molar-refractivity contribution in [3.8, 4) is 11.5 Å². The van der Waals surface area contributed by atoms with Gasteiger partial charge in [0, 0.05) is 19.5 Å². The predicted molar refractivity (Wildman–Crippen MR) is 105 cm³/mol. The van der Waals surface area contributed by atoms with Gasteiger partial charge in [-0.1, -0.05) is 48.5 Å². The molecule has 4 aromatic carbocycles. The van der Waals surface area contributed by atoms with Crippen LogP contribution in [-0.4, -0.2) is 32.4 Å². The molecule has 0 atom stereocenters. The molecule has 0 spiro atoms. The summed E-state index contributed by atoms with van der Waals surface area (Å²) in [5, 5.41) is 39.6. The van der Waals surface area contributed by atoms with E-state index in [0.29, 0.717) is 0 Å². The second-order valence-electron chi connectivity index (χ2n) is 6.04. The number of aromatic hydroxyl groups is 2. The fourth-order valence-electron chi connectivity index (χ4n) is 2.80. The minimum atomic E-state index is -1.12. The Morgan fingerprint density at radius 2 is 0.828 bits per heavy atom. The van der Waals surface area contributed by atoms with Gasteiger partial charge < -0.3 is 20.4 Å². The van der Waals surface area contributed by atoms with Crippen molar-refractivity contribution in [1.82, 2.24) is 0 Å². The maximum Gasteiger partial charge on any atom is 0.339 e. The zero-order chi connectivity index (χ0) is 20.3. The van der Waals surface area contributed by atoms with Crippen molar-refractivity contribution in [1.29, 1.82) is 0 Å². The fourth-order valence-corrected chi connectivity index (χ4v) is 2.80. The SMILES string of the molecule is O=C(O)c1cc2ccccc2cc1O.O=C(O)c1cc2ccccc2cc1O.[Zn]. The molecule has 0 saturated heterocycles. The average Bonchev–Trinajstić information content (AvgIpc) is 2.67. The molecule has 4 aromatic rings. The Bertz CT molecular complexity index is 1110. The van der Waals surface area contributed by atoms with Gasteiger partial charge in [-0.05, 0) is 45.8 Å². The number of rotatable bonds is 2. The van der Waals surface area contributed by atoms with Crippen LogP contribution in [0.3, 0.4) is 0 Å². The van der Waals surface area contributed by atoms with Crippen molar-refractivity contribution in [3.05, 3.63) is 83.9 Å². The zero-order valence-corrected chi connectivity index (χ0v) is 18.2. The summed E-state index contributed by atoms with van der Waals surface area (Å²) in [6, 6.07) is 20.4. The molecular weight excluding hydrogens is 426 g/mol. The first kappa shape index (κ1) is 21.9. The minimum Gasteiger partial charge on any atom is -0.507 e. The Kier molecular flexibility index (Phi) is 6.91. The average molecular weight is 442 g/mol. The molecule has 0 unspecified atom stereocenters. The van der Waals surface area contributed by atoms with Crippen LogP contribution in [0.2, 0.25) is 0 Å². The Hall–Kier alpha value is -3.44. The van der Waals surface area contributed by atoms with Crippen molar-refractivity contribution in [2.24, 2.45) is 0 Å². The first-order chi connectivity index (χ1) is 13.4. The molecule has 0 aliphatic rings. The van der Waals surface area contributed by atoms with Gasteiger partial charge in [-0.3, -0.25) is 0 Å². The van der Waals surface area contributed by atoms with Crippen LogP contribution in [0.15, 0.2) is 72.8 Å². The fraction of sp³-hybridized carbons (Fsp3) is 0. The van der Waals surface area contributed by atoms with Gasteiger partial charge in [0.05, 0.1) is 0 Å². The number of fused-ring (bicyclic) bond motifs is 2. The standard InChI is InChI=1S/2C11H8O3.Zn/c2*12-10-6-8-4-2-1-3-7(8)5-9(10)11(13)14;/h2*1-6,12H,(H,13,14);. The van der Waals surface area contributed by atoms with E-state index in [1.54, 1.807) is 12.1 Å². The van der Waals surface area contributed by atoms with Crippen molar-refractivity contribution in [2.45, 2.75) is 0 Å². The molecule has 0 saturated carbocycles. The molecule has 6 nitrogen and oxygen atoms in total. The summed E-state index contributed by atoms with van der Waals surface area (Å²) in [5.74, 6) is -2.63. The number of hydrogen-bond donors (Lipinski definition) is 4. The Balaban J connectivity index is 0.000000200. The van der Waals surface area contributed by atoms with Gasteiger partial charge in [0.25, 0.3) is 0 Å². The van der Waals surface area contributed by atoms with Crippen molar-refractivity contribution < 1.29 is 49.5 Å². The third-order valence-electron chi connectivity index (χ3n) is 4.19. The van der Waals surface area contributed by atoms with Gasteiger partial charge in [-0.25, -0.2) is 9.59 Å². The summed E-state index contributed by atoms with van der Waals surface area (Å²) in [7, 11) is 0. The number of phenols is 2. The molecule has 0 aliphatic heterocycles. The summed E-state index contributed by atoms with van der Waals surface area (Å²) < 4.78 is 0. The van der Waals surface area contributed by atoms with E-state index in [1.165, 1.54) is 24.3 Å². The van der Waals surface area contributed by atoms with Crippen LogP contribution < -0.4 is 0 Å². The Morgan fingerprint density at radius 1 is 0.552 bits per heavy atom. The molecule has 4 N–H and O–H groups in total. The van der Waals surface area contributed by atoms with E-state index in [-0.39, 0.29) is 42.1 Å². The van der Waals surface area contributed by atoms with E-state index in [0.717, 1.165) is 21.5 Å². The molecule has 29 heavy (non-hydrogen) atoms. The summed E-state index contributed by atoms with van der Waals surface area (Å²) in [4.78, 5) is 21.4. The third kappa shape index (κ3) is 4.89. The van der Waals surface area contributed by atoms with Crippen LogP contribution in [0.25, 0.3) is 21.5 Å². The first-order valence-corrected chi connectivity index (χ1v) is 8.27. The molecule has 4 rings (SSSR count). The van der Waals surface area contributed by atoms with Gasteiger partial charge in [0.15, 0.2) is 0 Å². The molecule has 0 fully saturated rings. The first-order valence-electron chi connectivity index (χ1n) is 8.27. The second kappa shape index (κ2) is 9.17. The number of carboxylic acids is 2. The normalized spacial score (nSPS) is 9.93. The van der Waals surface area contributed by atoms with Crippen LogP contribution in [-0.2, 0) is 19.5 Å². The quantitative estimate of drug-likeness (QED) is 0.341. The number of aromatic carboxylic acids is 2. The van der Waals surface area contributed by atoms with E-state index in [9.17, 15) is 19.8 Å². The molecule has 0 aromatic heterocycles. The van der Waals surface area contributed by atoms with E-state index in [2.05, 4.69) is 0 Å². The Morgan fingerprint density at radius 3 is 1.10 bits per heavy atom. The molecule has 0 heterocycles. The predicted octanol–water partition coefficient (Wildman–Crippen LogP) is 4.48. The van der Waals surface area contributed by atoms with Crippen LogP contribution in [0, 0.1) is 0 Å². The van der Waals surface area contributed by atoms with Crippen molar-refractivity contribution in [3.63, 3.8) is 0 Å². The number of carbonyl (C=O) groups is 2. The topological polar surface area (TPSA) is 115 Å². The van der Waals surface area contributed by atoms with Crippen molar-refractivity contribution >= 4 is 33.5 Å². The van der Waals surface area contributed by atoms with Gasteiger partial charge in [0.2, 0.25) is 0 Å². The molecular formula is C22H16O6Zn. The maximum absolute atomic E-state index is 10.7. The zero-order valence-electron chi connectivity index (χ0n) is 15.2. The molecule has 7 heteroatoms. The summed E-state index contributed by atoms with van der Waals surface area (Å²) in [6.07, 6.45) is 0. The second-order valence-corrected chi connectivity index (χ2v) is 6.04. The monoisotopic (exact) mass is 440 g/mol. The Labute approximate surface area is 178 Å². The van der Waals surface area contributed by atoms with E-state index < -0.39 is 11.9 Å². The largest absolute Gasteiger partial charge is 0.507 e. The third-order valence-corrected chi connectivity index (χ3v) is 4.19. The van der Waals surface area contributed by atoms with Crippen LogP contribution in [0.4, 0.5) is 0 Å². The van der Waals surface area contributed by atoms with Crippen LogP contribution >= 0.6 is 0 Å². The van der Waals surface area contributed by atoms with Crippen LogP contribution in [0.5, 0.6) is 11.5 Å². The minimum absolute atomic E-state index is 0. The molecule has 0 aliphatic carbocycles. The van der Waals surface area contributed by atoms with Crippen molar-refractivity contribution in [2.75, 3.05) is 0 Å². The van der Waals surface area contributed by atoms with E-state index in [1.807, 2.05) is 36.4 Å². The van der Waals surface area contributed by atoms with Crippen LogP contribution in [0.1, 0.15) is 20.7 Å². The smallest absolute Gasteiger partial charge is 0.339 e. The maximum atomic E-state index is 10.7. The van der Waals surface area contributed by atoms with Gasteiger partial charge in [-0.2, -0.15) is 0 Å². The number of benzene rings is 4. The number of hydrogen-bond acceptors (Lipinski definition) is 4. The van der Waals surface area contributed by atoms with E-state index in [4.69, 9.17) is 10.2 Å². The molecule has 0 radical (unpaired) electrons. The van der Waals surface area contributed by atoms with E-state index >= 15 is 0 Å². The molecule has 0 amide bonds.